The average Bonchev–Trinajstić information content (AvgIpc) is 2.92. The largest absolute Gasteiger partial charge is 0.444 e. The molecule has 0 bridgehead atoms. The lowest BCUT2D eigenvalue weighted by molar-refractivity contribution is 0.402. The van der Waals surface area contributed by atoms with Gasteiger partial charge in [-0.25, -0.2) is 4.98 Å². The van der Waals surface area contributed by atoms with Crippen molar-refractivity contribution in [3.05, 3.63) is 35.3 Å². The first-order valence-electron chi connectivity index (χ1n) is 6.65. The molecular weight excluding hydrogens is 240 g/mol. The van der Waals surface area contributed by atoms with Crippen molar-refractivity contribution in [2.24, 2.45) is 7.05 Å². The Kier molecular flexibility index (Phi) is 4.04. The molecule has 0 saturated heterocycles. The van der Waals surface area contributed by atoms with E-state index in [1.165, 1.54) is 5.56 Å². The van der Waals surface area contributed by atoms with Crippen LogP contribution in [0.5, 0.6) is 0 Å². The van der Waals surface area contributed by atoms with Gasteiger partial charge < -0.3 is 9.73 Å². The van der Waals surface area contributed by atoms with Crippen molar-refractivity contribution in [1.29, 1.82) is 0 Å². The van der Waals surface area contributed by atoms with Crippen LogP contribution in [0, 0.1) is 6.92 Å². The maximum Gasteiger partial charge on any atom is 0.211 e. The Bertz CT molecular complexity index is 541. The fourth-order valence-corrected chi connectivity index (χ4v) is 2.10. The summed E-state index contributed by atoms with van der Waals surface area (Å²) in [5.41, 5.74) is 2.37. The van der Waals surface area contributed by atoms with Crippen molar-refractivity contribution < 1.29 is 4.42 Å². The van der Waals surface area contributed by atoms with Gasteiger partial charge in [0.1, 0.15) is 5.76 Å². The second-order valence-electron chi connectivity index (χ2n) is 5.28. The molecule has 0 aliphatic carbocycles. The highest BCUT2D eigenvalue weighted by atomic mass is 16.4. The van der Waals surface area contributed by atoms with Crippen molar-refractivity contribution in [2.75, 3.05) is 0 Å². The number of hydrogen-bond acceptors (Lipinski definition) is 4. The molecular formula is C14H22N4O. The maximum absolute atomic E-state index is 5.52. The van der Waals surface area contributed by atoms with Crippen molar-refractivity contribution in [3.63, 3.8) is 0 Å². The van der Waals surface area contributed by atoms with Gasteiger partial charge in [0.2, 0.25) is 5.89 Å². The van der Waals surface area contributed by atoms with Gasteiger partial charge in [-0.3, -0.25) is 4.68 Å². The lowest BCUT2D eigenvalue weighted by atomic mass is 10.1. The Balaban J connectivity index is 2.02. The smallest absolute Gasteiger partial charge is 0.211 e. The molecule has 0 amide bonds. The van der Waals surface area contributed by atoms with Crippen molar-refractivity contribution in [1.82, 2.24) is 20.1 Å². The summed E-state index contributed by atoms with van der Waals surface area (Å²) in [5, 5.41) is 7.93. The molecule has 5 nitrogen and oxygen atoms in total. The second kappa shape index (κ2) is 5.57. The van der Waals surface area contributed by atoms with E-state index < -0.39 is 0 Å². The van der Waals surface area contributed by atoms with Crippen LogP contribution in [0.3, 0.4) is 0 Å². The summed E-state index contributed by atoms with van der Waals surface area (Å²) in [4.78, 5) is 4.24. The molecule has 19 heavy (non-hydrogen) atoms. The summed E-state index contributed by atoms with van der Waals surface area (Å²) in [5.74, 6) is 2.00. The molecule has 1 N–H and O–H groups in total. The molecule has 104 valence electrons. The average molecular weight is 262 g/mol. The van der Waals surface area contributed by atoms with E-state index in [-0.39, 0.29) is 6.04 Å². The van der Waals surface area contributed by atoms with Crippen LogP contribution < -0.4 is 5.32 Å². The van der Waals surface area contributed by atoms with Crippen LogP contribution in [-0.4, -0.2) is 14.8 Å². The van der Waals surface area contributed by atoms with Crippen LogP contribution >= 0.6 is 0 Å². The van der Waals surface area contributed by atoms with E-state index in [2.05, 4.69) is 42.4 Å². The fourth-order valence-electron chi connectivity index (χ4n) is 2.10. The van der Waals surface area contributed by atoms with Gasteiger partial charge in [-0.2, -0.15) is 5.10 Å². The number of aryl methyl sites for hydroxylation is 2. The number of nitrogens with zero attached hydrogens (tertiary/aromatic N) is 3. The standard InChI is InChI=1S/C14H22N4O/c1-9(2)13-12(8-18(5)17-13)7-15-11(4)14-16-6-10(3)19-14/h6,8-9,11,15H,7H2,1-5H3. The molecule has 0 saturated carbocycles. The molecule has 5 heteroatoms. The van der Waals surface area contributed by atoms with Crippen LogP contribution in [0.2, 0.25) is 0 Å². The van der Waals surface area contributed by atoms with Crippen molar-refractivity contribution in [2.45, 2.75) is 46.2 Å². The summed E-state index contributed by atoms with van der Waals surface area (Å²) < 4.78 is 7.39. The first kappa shape index (κ1) is 13.8. The number of nitrogens with one attached hydrogen (secondary N) is 1. The molecule has 1 atom stereocenters. The Morgan fingerprint density at radius 3 is 2.68 bits per heavy atom. The quantitative estimate of drug-likeness (QED) is 0.900. The lowest BCUT2D eigenvalue weighted by Crippen LogP contribution is -2.19. The Labute approximate surface area is 114 Å². The summed E-state index contributed by atoms with van der Waals surface area (Å²) in [6.07, 6.45) is 3.81. The van der Waals surface area contributed by atoms with Gasteiger partial charge in [-0.15, -0.1) is 0 Å². The zero-order chi connectivity index (χ0) is 14.0. The first-order valence-corrected chi connectivity index (χ1v) is 6.65. The molecule has 1 unspecified atom stereocenters. The predicted octanol–water partition coefficient (Wildman–Crippen LogP) is 2.69. The molecule has 0 aliphatic heterocycles. The summed E-state index contributed by atoms with van der Waals surface area (Å²) >= 11 is 0. The van der Waals surface area contributed by atoms with E-state index in [4.69, 9.17) is 4.42 Å². The molecule has 2 rings (SSSR count). The molecule has 0 radical (unpaired) electrons. The highest BCUT2D eigenvalue weighted by Crippen LogP contribution is 2.18. The molecule has 0 spiro atoms. The third kappa shape index (κ3) is 3.23. The minimum Gasteiger partial charge on any atom is -0.444 e. The maximum atomic E-state index is 5.52. The van der Waals surface area contributed by atoms with E-state index in [9.17, 15) is 0 Å². The number of oxazole rings is 1. The summed E-state index contributed by atoms with van der Waals surface area (Å²) in [6.45, 7) is 9.04. The molecule has 2 aromatic heterocycles. The van der Waals surface area contributed by atoms with Crippen LogP contribution in [0.25, 0.3) is 0 Å². The predicted molar refractivity (Wildman–Crippen MR) is 73.8 cm³/mol. The minimum absolute atomic E-state index is 0.0916. The number of aromatic nitrogens is 3. The zero-order valence-corrected chi connectivity index (χ0v) is 12.3. The van der Waals surface area contributed by atoms with E-state index in [1.54, 1.807) is 6.20 Å². The topological polar surface area (TPSA) is 55.9 Å². The van der Waals surface area contributed by atoms with Crippen LogP contribution in [0.1, 0.15) is 55.6 Å². The highest BCUT2D eigenvalue weighted by molar-refractivity contribution is 5.20. The monoisotopic (exact) mass is 262 g/mol. The van der Waals surface area contributed by atoms with Gasteiger partial charge in [0.05, 0.1) is 17.9 Å². The third-order valence-electron chi connectivity index (χ3n) is 3.09. The van der Waals surface area contributed by atoms with E-state index >= 15 is 0 Å². The second-order valence-corrected chi connectivity index (χ2v) is 5.28. The van der Waals surface area contributed by atoms with Gasteiger partial charge >= 0.3 is 0 Å². The molecule has 0 fully saturated rings. The molecule has 2 aromatic rings. The SMILES string of the molecule is Cc1cnc(C(C)NCc2cn(C)nc2C(C)C)o1. The molecule has 0 aliphatic rings. The third-order valence-corrected chi connectivity index (χ3v) is 3.09. The van der Waals surface area contributed by atoms with Gasteiger partial charge in [0, 0.05) is 25.4 Å². The van der Waals surface area contributed by atoms with Gasteiger partial charge in [0.15, 0.2) is 0 Å². The number of hydrogen-bond donors (Lipinski definition) is 1. The Hall–Kier alpha value is -1.62. The van der Waals surface area contributed by atoms with E-state index in [1.807, 2.05) is 18.7 Å². The zero-order valence-electron chi connectivity index (χ0n) is 12.3. The van der Waals surface area contributed by atoms with E-state index in [0.29, 0.717) is 5.92 Å². The van der Waals surface area contributed by atoms with Gasteiger partial charge in [-0.05, 0) is 19.8 Å². The van der Waals surface area contributed by atoms with Gasteiger partial charge in [-0.1, -0.05) is 13.8 Å². The summed E-state index contributed by atoms with van der Waals surface area (Å²) in [6, 6.07) is 0.0916. The summed E-state index contributed by atoms with van der Waals surface area (Å²) in [7, 11) is 1.95. The fraction of sp³-hybridized carbons (Fsp3) is 0.571. The van der Waals surface area contributed by atoms with Crippen LogP contribution in [0.15, 0.2) is 16.8 Å². The Morgan fingerprint density at radius 2 is 2.11 bits per heavy atom. The number of rotatable bonds is 5. The first-order chi connectivity index (χ1) is 8.97. The minimum atomic E-state index is 0.0916. The normalized spacial score (nSPS) is 13.2. The van der Waals surface area contributed by atoms with Crippen LogP contribution in [-0.2, 0) is 13.6 Å². The van der Waals surface area contributed by atoms with Gasteiger partial charge in [0.25, 0.3) is 0 Å². The van der Waals surface area contributed by atoms with Crippen LogP contribution in [0.4, 0.5) is 0 Å². The highest BCUT2D eigenvalue weighted by Gasteiger charge is 2.14. The lowest BCUT2D eigenvalue weighted by Gasteiger charge is -2.11. The molecule has 0 aromatic carbocycles. The van der Waals surface area contributed by atoms with E-state index in [0.717, 1.165) is 23.9 Å². The molecule has 2 heterocycles. The Morgan fingerprint density at radius 1 is 1.37 bits per heavy atom. The van der Waals surface area contributed by atoms with Crippen molar-refractivity contribution in [3.8, 4) is 0 Å². The van der Waals surface area contributed by atoms with Crippen molar-refractivity contribution >= 4 is 0 Å².